The lowest BCUT2D eigenvalue weighted by molar-refractivity contribution is -0.120. The molecule has 0 saturated heterocycles. The van der Waals surface area contributed by atoms with Crippen LogP contribution >= 0.6 is 0 Å². The second kappa shape index (κ2) is 6.68. The third-order valence-corrected chi connectivity index (χ3v) is 4.02. The highest BCUT2D eigenvalue weighted by atomic mass is 32.2. The Kier molecular flexibility index (Phi) is 5.50. The minimum Gasteiger partial charge on any atom is -0.359 e. The van der Waals surface area contributed by atoms with Crippen molar-refractivity contribution >= 4 is 15.7 Å². The molecule has 0 heterocycles. The Morgan fingerprint density at radius 3 is 2.32 bits per heavy atom. The lowest BCUT2D eigenvalue weighted by atomic mass is 10.1. The van der Waals surface area contributed by atoms with Crippen LogP contribution in [0.3, 0.4) is 0 Å². The van der Waals surface area contributed by atoms with Gasteiger partial charge in [0.05, 0.1) is 4.90 Å². The zero-order valence-electron chi connectivity index (χ0n) is 11.4. The van der Waals surface area contributed by atoms with Crippen LogP contribution in [0.25, 0.3) is 0 Å². The number of carbonyl (C=O) groups excluding carboxylic acids is 1. The van der Waals surface area contributed by atoms with Gasteiger partial charge in [-0.3, -0.25) is 4.79 Å². The number of rotatable bonds is 6. The highest BCUT2D eigenvalue weighted by Gasteiger charge is 2.09. The van der Waals surface area contributed by atoms with Crippen molar-refractivity contribution in [2.45, 2.75) is 24.3 Å². The van der Waals surface area contributed by atoms with E-state index in [2.05, 4.69) is 10.6 Å². The van der Waals surface area contributed by atoms with Crippen LogP contribution in [-0.2, 0) is 14.6 Å². The Bertz CT molecular complexity index is 523. The van der Waals surface area contributed by atoms with E-state index in [4.69, 9.17) is 0 Å². The highest BCUT2D eigenvalue weighted by Crippen LogP contribution is 2.16. The Morgan fingerprint density at radius 2 is 1.84 bits per heavy atom. The second-order valence-corrected chi connectivity index (χ2v) is 6.46. The van der Waals surface area contributed by atoms with Crippen LogP contribution < -0.4 is 10.6 Å². The largest absolute Gasteiger partial charge is 0.359 e. The van der Waals surface area contributed by atoms with Crippen LogP contribution in [0, 0.1) is 0 Å². The molecule has 0 aromatic heterocycles. The summed E-state index contributed by atoms with van der Waals surface area (Å²) in [6.07, 6.45) is 1.61. The molecule has 1 aromatic carbocycles. The third-order valence-electron chi connectivity index (χ3n) is 2.89. The van der Waals surface area contributed by atoms with Crippen molar-refractivity contribution in [2.75, 3.05) is 19.8 Å². The van der Waals surface area contributed by atoms with E-state index in [0.29, 0.717) is 17.9 Å². The van der Waals surface area contributed by atoms with Crippen molar-refractivity contribution in [3.8, 4) is 0 Å². The number of amides is 1. The quantitative estimate of drug-likeness (QED) is 0.813. The van der Waals surface area contributed by atoms with Crippen molar-refractivity contribution in [1.82, 2.24) is 10.6 Å². The Labute approximate surface area is 114 Å². The summed E-state index contributed by atoms with van der Waals surface area (Å²) in [6.45, 7) is 2.55. The average Bonchev–Trinajstić information content (AvgIpc) is 2.37. The Morgan fingerprint density at radius 1 is 1.26 bits per heavy atom. The van der Waals surface area contributed by atoms with Gasteiger partial charge in [0.2, 0.25) is 5.91 Å². The molecule has 1 rings (SSSR count). The number of hydrogen-bond donors (Lipinski definition) is 2. The first-order valence-corrected chi connectivity index (χ1v) is 7.97. The molecule has 0 radical (unpaired) electrons. The van der Waals surface area contributed by atoms with Crippen LogP contribution in [0.5, 0.6) is 0 Å². The van der Waals surface area contributed by atoms with E-state index < -0.39 is 9.84 Å². The Balaban J connectivity index is 2.58. The second-order valence-electron chi connectivity index (χ2n) is 4.44. The number of carbonyl (C=O) groups is 1. The van der Waals surface area contributed by atoms with Crippen LogP contribution in [0.4, 0.5) is 0 Å². The molecule has 106 valence electrons. The summed E-state index contributed by atoms with van der Waals surface area (Å²) in [7, 11) is -1.54. The van der Waals surface area contributed by atoms with E-state index >= 15 is 0 Å². The SMILES string of the molecule is CNC(=O)CCNC(C)c1ccc(S(C)(=O)=O)cc1. The molecule has 2 N–H and O–H groups in total. The van der Waals surface area contributed by atoms with Gasteiger partial charge in [0.1, 0.15) is 0 Å². The molecule has 0 aliphatic carbocycles. The molecular weight excluding hydrogens is 264 g/mol. The molecule has 0 aliphatic rings. The fraction of sp³-hybridized carbons (Fsp3) is 0.462. The molecule has 0 bridgehead atoms. The van der Waals surface area contributed by atoms with Crippen LogP contribution in [0.2, 0.25) is 0 Å². The minimum absolute atomic E-state index is 0.00729. The molecule has 1 aromatic rings. The number of sulfone groups is 1. The molecule has 0 aliphatic heterocycles. The molecule has 1 unspecified atom stereocenters. The summed E-state index contributed by atoms with van der Waals surface area (Å²) < 4.78 is 22.7. The number of benzene rings is 1. The highest BCUT2D eigenvalue weighted by molar-refractivity contribution is 7.90. The summed E-state index contributed by atoms with van der Waals surface area (Å²) >= 11 is 0. The predicted octanol–water partition coefficient (Wildman–Crippen LogP) is 0.877. The Hall–Kier alpha value is -1.40. The fourth-order valence-corrected chi connectivity index (χ4v) is 2.28. The van der Waals surface area contributed by atoms with E-state index in [9.17, 15) is 13.2 Å². The first-order chi connectivity index (χ1) is 8.84. The third kappa shape index (κ3) is 5.00. The summed E-state index contributed by atoms with van der Waals surface area (Å²) in [6, 6.07) is 6.84. The van der Waals surface area contributed by atoms with Crippen molar-refractivity contribution in [1.29, 1.82) is 0 Å². The normalized spacial score (nSPS) is 13.0. The van der Waals surface area contributed by atoms with Gasteiger partial charge >= 0.3 is 0 Å². The first-order valence-electron chi connectivity index (χ1n) is 6.08. The van der Waals surface area contributed by atoms with Crippen LogP contribution in [0.15, 0.2) is 29.2 Å². The van der Waals surface area contributed by atoms with E-state index in [-0.39, 0.29) is 11.9 Å². The molecule has 5 nitrogen and oxygen atoms in total. The van der Waals surface area contributed by atoms with Gasteiger partial charge in [0, 0.05) is 32.3 Å². The van der Waals surface area contributed by atoms with Crippen molar-refractivity contribution < 1.29 is 13.2 Å². The molecule has 6 heteroatoms. The minimum atomic E-state index is -3.15. The summed E-state index contributed by atoms with van der Waals surface area (Å²) in [5, 5.41) is 5.77. The van der Waals surface area contributed by atoms with E-state index in [1.54, 1.807) is 31.3 Å². The van der Waals surface area contributed by atoms with Gasteiger partial charge in [-0.2, -0.15) is 0 Å². The van der Waals surface area contributed by atoms with Crippen molar-refractivity contribution in [3.05, 3.63) is 29.8 Å². The van der Waals surface area contributed by atoms with Gasteiger partial charge < -0.3 is 10.6 Å². The van der Waals surface area contributed by atoms with Crippen LogP contribution in [-0.4, -0.2) is 34.2 Å². The summed E-state index contributed by atoms with van der Waals surface area (Å²) in [5.74, 6) is -0.00729. The smallest absolute Gasteiger partial charge is 0.221 e. The maximum atomic E-state index is 11.3. The lowest BCUT2D eigenvalue weighted by Crippen LogP contribution is -2.26. The predicted molar refractivity (Wildman–Crippen MR) is 74.7 cm³/mol. The summed E-state index contributed by atoms with van der Waals surface area (Å²) in [4.78, 5) is 11.4. The van der Waals surface area contributed by atoms with Crippen molar-refractivity contribution in [3.63, 3.8) is 0 Å². The maximum Gasteiger partial charge on any atom is 0.221 e. The van der Waals surface area contributed by atoms with E-state index in [1.807, 2.05) is 6.92 Å². The zero-order valence-corrected chi connectivity index (χ0v) is 12.3. The zero-order chi connectivity index (χ0) is 14.5. The average molecular weight is 284 g/mol. The maximum absolute atomic E-state index is 11.3. The standard InChI is InChI=1S/C13H20N2O3S/c1-10(15-9-8-13(16)14-2)11-4-6-12(7-5-11)19(3,17)18/h4-7,10,15H,8-9H2,1-3H3,(H,14,16). The van der Waals surface area contributed by atoms with Gasteiger partial charge in [0.15, 0.2) is 9.84 Å². The fourth-order valence-electron chi connectivity index (χ4n) is 1.65. The molecule has 0 saturated carbocycles. The topological polar surface area (TPSA) is 75.3 Å². The molecular formula is C13H20N2O3S. The van der Waals surface area contributed by atoms with Crippen molar-refractivity contribution in [2.24, 2.45) is 0 Å². The van der Waals surface area contributed by atoms with Gasteiger partial charge in [-0.15, -0.1) is 0 Å². The molecule has 0 spiro atoms. The monoisotopic (exact) mass is 284 g/mol. The van der Waals surface area contributed by atoms with Gasteiger partial charge in [0.25, 0.3) is 0 Å². The number of hydrogen-bond acceptors (Lipinski definition) is 4. The molecule has 1 atom stereocenters. The van der Waals surface area contributed by atoms with Gasteiger partial charge in [-0.05, 0) is 24.6 Å². The molecule has 1 amide bonds. The summed E-state index contributed by atoms with van der Waals surface area (Å²) in [5.41, 5.74) is 0.990. The first kappa shape index (κ1) is 15.7. The van der Waals surface area contributed by atoms with E-state index in [0.717, 1.165) is 5.56 Å². The van der Waals surface area contributed by atoms with E-state index in [1.165, 1.54) is 6.26 Å². The van der Waals surface area contributed by atoms with Crippen LogP contribution in [0.1, 0.15) is 24.9 Å². The molecule has 19 heavy (non-hydrogen) atoms. The molecule has 0 fully saturated rings. The van der Waals surface area contributed by atoms with Gasteiger partial charge in [-0.1, -0.05) is 12.1 Å². The number of nitrogens with one attached hydrogen (secondary N) is 2. The van der Waals surface area contributed by atoms with Gasteiger partial charge in [-0.25, -0.2) is 8.42 Å². The lowest BCUT2D eigenvalue weighted by Gasteiger charge is -2.14.